The molecule has 0 amide bonds. The molecule has 0 saturated carbocycles. The van der Waals surface area contributed by atoms with Crippen LogP contribution in [0.1, 0.15) is 11.3 Å². The molecule has 0 aliphatic carbocycles. The van der Waals surface area contributed by atoms with Crippen LogP contribution in [0.2, 0.25) is 0 Å². The summed E-state index contributed by atoms with van der Waals surface area (Å²) in [6.07, 6.45) is 1.89. The van der Waals surface area contributed by atoms with E-state index in [0.29, 0.717) is 0 Å². The van der Waals surface area contributed by atoms with Gasteiger partial charge in [-0.3, -0.25) is 5.10 Å². The first kappa shape index (κ1) is 10.5. The van der Waals surface area contributed by atoms with Crippen LogP contribution in [0.4, 0.5) is 0 Å². The Balaban J connectivity index is 2.34. The van der Waals surface area contributed by atoms with E-state index >= 15 is 0 Å². The van der Waals surface area contributed by atoms with Crippen LogP contribution in [0.3, 0.4) is 0 Å². The fraction of sp³-hybridized carbons (Fsp3) is 0.125. The number of nitrogens with one attached hydrogen (secondary N) is 1. The van der Waals surface area contributed by atoms with Gasteiger partial charge in [-0.25, -0.2) is 4.98 Å². The first-order chi connectivity index (χ1) is 9.25. The number of nitrogens with zero attached hydrogens (tertiary/aromatic N) is 2. The molecule has 3 heteroatoms. The lowest BCUT2D eigenvalue weighted by Gasteiger charge is -2.05. The molecule has 1 N–H and O–H groups in total. The van der Waals surface area contributed by atoms with Gasteiger partial charge in [0, 0.05) is 27.2 Å². The molecular formula is C16H13N3. The minimum absolute atomic E-state index is 1.06. The Bertz CT molecular complexity index is 935. The van der Waals surface area contributed by atoms with E-state index in [0.717, 1.165) is 16.7 Å². The van der Waals surface area contributed by atoms with Crippen molar-refractivity contribution in [3.63, 3.8) is 0 Å². The van der Waals surface area contributed by atoms with Crippen molar-refractivity contribution in [1.82, 2.24) is 15.2 Å². The third-order valence-corrected chi connectivity index (χ3v) is 3.85. The standard InChI is InChI=1S/C16H13N3/c1-9-14-8-17-19-10(2)12(14)7-13-11-5-3-4-6-15(11)18-16(9)13/h3-8,19H,1-2H3. The second kappa shape index (κ2) is 3.54. The maximum Gasteiger partial charge on any atom is 0.0752 e. The number of para-hydroxylation sites is 1. The summed E-state index contributed by atoms with van der Waals surface area (Å²) < 4.78 is 0. The molecule has 19 heavy (non-hydrogen) atoms. The number of H-pyrrole nitrogens is 1. The van der Waals surface area contributed by atoms with Crippen LogP contribution in [-0.4, -0.2) is 15.2 Å². The van der Waals surface area contributed by atoms with Crippen molar-refractivity contribution in [1.29, 1.82) is 0 Å². The number of rotatable bonds is 0. The van der Waals surface area contributed by atoms with Crippen LogP contribution in [0.25, 0.3) is 32.6 Å². The number of aromatic amines is 1. The number of hydrogen-bond acceptors (Lipinski definition) is 2. The van der Waals surface area contributed by atoms with Gasteiger partial charge < -0.3 is 0 Å². The fourth-order valence-corrected chi connectivity index (χ4v) is 2.82. The van der Waals surface area contributed by atoms with Crippen molar-refractivity contribution >= 4 is 32.6 Å². The van der Waals surface area contributed by atoms with Crippen LogP contribution in [0.5, 0.6) is 0 Å². The van der Waals surface area contributed by atoms with Crippen LogP contribution in [0.15, 0.2) is 36.5 Å². The molecule has 0 aliphatic rings. The normalized spacial score (nSPS) is 11.7. The lowest BCUT2D eigenvalue weighted by molar-refractivity contribution is 1.00. The van der Waals surface area contributed by atoms with Gasteiger partial charge in [0.05, 0.1) is 17.2 Å². The van der Waals surface area contributed by atoms with Gasteiger partial charge in [-0.1, -0.05) is 18.2 Å². The molecule has 0 bridgehead atoms. The molecule has 0 unspecified atom stereocenters. The Morgan fingerprint density at radius 3 is 2.68 bits per heavy atom. The number of aromatic nitrogens is 3. The van der Waals surface area contributed by atoms with E-state index in [-0.39, 0.29) is 0 Å². The molecule has 0 spiro atoms. The summed E-state index contributed by atoms with van der Waals surface area (Å²) in [5.74, 6) is 0. The lowest BCUT2D eigenvalue weighted by Crippen LogP contribution is -1.90. The molecule has 0 radical (unpaired) electrons. The molecule has 0 fully saturated rings. The summed E-state index contributed by atoms with van der Waals surface area (Å²) in [4.78, 5) is 4.76. The first-order valence-electron chi connectivity index (χ1n) is 6.37. The Hall–Kier alpha value is -2.42. The van der Waals surface area contributed by atoms with Crippen molar-refractivity contribution in [2.24, 2.45) is 0 Å². The number of aryl methyl sites for hydroxylation is 2. The maximum atomic E-state index is 4.76. The van der Waals surface area contributed by atoms with Gasteiger partial charge in [-0.05, 0) is 31.5 Å². The highest BCUT2D eigenvalue weighted by Crippen LogP contribution is 2.32. The summed E-state index contributed by atoms with van der Waals surface area (Å²) in [7, 11) is 0. The Kier molecular flexibility index (Phi) is 1.96. The summed E-state index contributed by atoms with van der Waals surface area (Å²) in [5.41, 5.74) is 4.44. The van der Waals surface area contributed by atoms with Crippen LogP contribution in [-0.2, 0) is 0 Å². The minimum atomic E-state index is 1.06. The quantitative estimate of drug-likeness (QED) is 0.512. The Morgan fingerprint density at radius 2 is 1.79 bits per heavy atom. The minimum Gasteiger partial charge on any atom is -0.282 e. The van der Waals surface area contributed by atoms with Gasteiger partial charge in [0.1, 0.15) is 0 Å². The molecule has 4 aromatic rings. The second-order valence-electron chi connectivity index (χ2n) is 4.98. The number of fused-ring (bicyclic) bond motifs is 4. The molecule has 3 nitrogen and oxygen atoms in total. The fourth-order valence-electron chi connectivity index (χ4n) is 2.82. The molecule has 0 saturated heterocycles. The molecule has 0 aliphatic heterocycles. The number of hydrogen-bond donors (Lipinski definition) is 1. The second-order valence-corrected chi connectivity index (χ2v) is 4.98. The highest BCUT2D eigenvalue weighted by atomic mass is 15.1. The third kappa shape index (κ3) is 1.32. The zero-order chi connectivity index (χ0) is 13.0. The first-order valence-corrected chi connectivity index (χ1v) is 6.37. The molecule has 0 atom stereocenters. The van der Waals surface area contributed by atoms with Gasteiger partial charge >= 0.3 is 0 Å². The van der Waals surface area contributed by atoms with E-state index in [1.165, 1.54) is 27.1 Å². The molecule has 2 aromatic heterocycles. The topological polar surface area (TPSA) is 41.6 Å². The van der Waals surface area contributed by atoms with Crippen molar-refractivity contribution in [3.8, 4) is 0 Å². The summed E-state index contributed by atoms with van der Waals surface area (Å²) in [6, 6.07) is 10.5. The average molecular weight is 247 g/mol. The third-order valence-electron chi connectivity index (χ3n) is 3.85. The van der Waals surface area contributed by atoms with E-state index in [9.17, 15) is 0 Å². The molecule has 92 valence electrons. The monoisotopic (exact) mass is 247 g/mol. The van der Waals surface area contributed by atoms with Crippen LogP contribution in [0, 0.1) is 13.8 Å². The summed E-state index contributed by atoms with van der Waals surface area (Å²) in [5, 5.41) is 12.1. The van der Waals surface area contributed by atoms with Crippen LogP contribution < -0.4 is 0 Å². The molecule has 2 heterocycles. The van der Waals surface area contributed by atoms with Crippen LogP contribution >= 0.6 is 0 Å². The molecular weight excluding hydrogens is 234 g/mol. The van der Waals surface area contributed by atoms with Gasteiger partial charge in [-0.15, -0.1) is 0 Å². The lowest BCUT2D eigenvalue weighted by atomic mass is 10.0. The Labute approximate surface area is 110 Å². The molecule has 2 aromatic carbocycles. The van der Waals surface area contributed by atoms with E-state index in [1.54, 1.807) is 0 Å². The van der Waals surface area contributed by atoms with Gasteiger partial charge in [0.2, 0.25) is 0 Å². The highest BCUT2D eigenvalue weighted by molar-refractivity contribution is 6.13. The number of benzene rings is 2. The van der Waals surface area contributed by atoms with Crippen molar-refractivity contribution in [2.45, 2.75) is 13.8 Å². The Morgan fingerprint density at radius 1 is 0.947 bits per heavy atom. The highest BCUT2D eigenvalue weighted by Gasteiger charge is 2.11. The van der Waals surface area contributed by atoms with E-state index in [4.69, 9.17) is 4.98 Å². The smallest absolute Gasteiger partial charge is 0.0752 e. The predicted molar refractivity (Wildman–Crippen MR) is 78.4 cm³/mol. The van der Waals surface area contributed by atoms with Gasteiger partial charge in [-0.2, -0.15) is 5.10 Å². The molecule has 4 rings (SSSR count). The van der Waals surface area contributed by atoms with Crippen molar-refractivity contribution in [3.05, 3.63) is 47.8 Å². The van der Waals surface area contributed by atoms with Gasteiger partial charge in [0.25, 0.3) is 0 Å². The largest absolute Gasteiger partial charge is 0.282 e. The average Bonchev–Trinajstić information content (AvgIpc) is 2.80. The van der Waals surface area contributed by atoms with Gasteiger partial charge in [0.15, 0.2) is 0 Å². The van der Waals surface area contributed by atoms with E-state index in [2.05, 4.69) is 48.3 Å². The SMILES string of the molecule is Cc1[nH]ncc2c(C)c3nc4ccccc4c3cc12. The maximum absolute atomic E-state index is 4.76. The van der Waals surface area contributed by atoms with Crippen molar-refractivity contribution < 1.29 is 0 Å². The van der Waals surface area contributed by atoms with E-state index in [1.807, 2.05) is 12.3 Å². The predicted octanol–water partition coefficient (Wildman–Crippen LogP) is 3.88. The van der Waals surface area contributed by atoms with Crippen molar-refractivity contribution in [2.75, 3.05) is 0 Å². The van der Waals surface area contributed by atoms with E-state index < -0.39 is 0 Å². The summed E-state index contributed by atoms with van der Waals surface area (Å²) in [6.45, 7) is 4.18. The zero-order valence-electron chi connectivity index (χ0n) is 10.9. The summed E-state index contributed by atoms with van der Waals surface area (Å²) >= 11 is 0. The zero-order valence-corrected chi connectivity index (χ0v) is 10.9.